The lowest BCUT2D eigenvalue weighted by Crippen LogP contribution is -2.49. The molecule has 0 aliphatic rings. The van der Waals surface area contributed by atoms with E-state index in [9.17, 15) is 18.0 Å². The molecule has 210 valence electrons. The van der Waals surface area contributed by atoms with Crippen molar-refractivity contribution < 1.29 is 18.0 Å². The van der Waals surface area contributed by atoms with Crippen LogP contribution in [0.25, 0.3) is 0 Å². The summed E-state index contributed by atoms with van der Waals surface area (Å²) in [6.45, 7) is 6.43. The van der Waals surface area contributed by atoms with E-state index < -0.39 is 16.1 Å². The highest BCUT2D eigenvalue weighted by atomic mass is 35.5. The number of hydrogen-bond donors (Lipinski definition) is 1. The maximum absolute atomic E-state index is 13.5. The molecule has 0 spiro atoms. The number of nitrogens with zero attached hydrogens (tertiary/aromatic N) is 2. The van der Waals surface area contributed by atoms with E-state index in [0.29, 0.717) is 33.6 Å². The Bertz CT molecular complexity index is 1240. The second kappa shape index (κ2) is 14.6. The van der Waals surface area contributed by atoms with E-state index in [0.717, 1.165) is 10.6 Å². The highest BCUT2D eigenvalue weighted by Gasteiger charge is 2.29. The maximum Gasteiger partial charge on any atom is 0.242 e. The molecule has 38 heavy (non-hydrogen) atoms. The molecule has 1 unspecified atom stereocenters. The van der Waals surface area contributed by atoms with E-state index in [-0.39, 0.29) is 54.4 Å². The van der Waals surface area contributed by atoms with Crippen molar-refractivity contribution in [2.45, 2.75) is 52.6 Å². The van der Waals surface area contributed by atoms with Gasteiger partial charge in [0.1, 0.15) is 6.04 Å². The molecular weight excluding hydrogens is 592 g/mol. The van der Waals surface area contributed by atoms with Crippen LogP contribution < -0.4 is 9.62 Å². The number of halogens is 4. The highest BCUT2D eigenvalue weighted by molar-refractivity contribution is 7.92. The SMILES string of the molecule is CCC(C(=O)NCC(C)C)N(Cc1ccc(Cl)c(Cl)c1)C(=O)CCCN(c1cc(Cl)ccc1Cl)S(C)(=O)=O. The van der Waals surface area contributed by atoms with Gasteiger partial charge >= 0.3 is 0 Å². The van der Waals surface area contributed by atoms with Crippen molar-refractivity contribution in [3.8, 4) is 0 Å². The third-order valence-electron chi connectivity index (χ3n) is 5.74. The number of rotatable bonds is 13. The second-order valence-corrected chi connectivity index (χ2v) is 12.9. The lowest BCUT2D eigenvalue weighted by molar-refractivity contribution is -0.141. The van der Waals surface area contributed by atoms with Crippen molar-refractivity contribution in [2.75, 3.05) is 23.7 Å². The molecule has 1 N–H and O–H groups in total. The van der Waals surface area contributed by atoms with Gasteiger partial charge in [-0.15, -0.1) is 0 Å². The molecule has 1 atom stereocenters. The number of sulfonamides is 1. The zero-order valence-corrected chi connectivity index (χ0v) is 25.6. The molecule has 0 aromatic heterocycles. The first-order valence-corrected chi connectivity index (χ1v) is 15.5. The van der Waals surface area contributed by atoms with Crippen molar-refractivity contribution in [2.24, 2.45) is 5.92 Å². The van der Waals surface area contributed by atoms with Crippen LogP contribution in [-0.2, 0) is 26.2 Å². The predicted octanol–water partition coefficient (Wildman–Crippen LogP) is 6.43. The molecule has 0 bridgehead atoms. The van der Waals surface area contributed by atoms with Gasteiger partial charge < -0.3 is 10.2 Å². The molecule has 2 amide bonds. The Morgan fingerprint density at radius 1 is 0.974 bits per heavy atom. The van der Waals surface area contributed by atoms with Crippen LogP contribution in [0.5, 0.6) is 0 Å². The van der Waals surface area contributed by atoms with Crippen molar-refractivity contribution in [3.05, 3.63) is 62.1 Å². The molecule has 0 heterocycles. The fourth-order valence-electron chi connectivity index (χ4n) is 3.84. The Hall–Kier alpha value is -1.71. The monoisotopic (exact) mass is 623 g/mol. The summed E-state index contributed by atoms with van der Waals surface area (Å²) in [5.74, 6) is -0.303. The zero-order valence-electron chi connectivity index (χ0n) is 21.8. The smallest absolute Gasteiger partial charge is 0.242 e. The molecule has 7 nitrogen and oxygen atoms in total. The molecule has 0 fully saturated rings. The normalized spacial score (nSPS) is 12.3. The number of amides is 2. The molecule has 2 aromatic carbocycles. The first kappa shape index (κ1) is 32.5. The Morgan fingerprint density at radius 2 is 1.63 bits per heavy atom. The summed E-state index contributed by atoms with van der Waals surface area (Å²) in [7, 11) is -3.71. The number of anilines is 1. The molecule has 0 saturated carbocycles. The summed E-state index contributed by atoms with van der Waals surface area (Å²) in [5, 5.41) is 4.19. The predicted molar refractivity (Wildman–Crippen MR) is 157 cm³/mol. The molecule has 2 rings (SSSR count). The standard InChI is InChI=1S/C26H33Cl4N3O4S/c1-5-23(26(35)31-15-17(2)3)32(16-18-8-10-20(28)22(30)13-18)25(34)7-6-12-33(38(4,36)37)24-14-19(27)9-11-21(24)29/h8-11,13-14,17,23H,5-7,12,15-16H2,1-4H3,(H,31,35). The fourth-order valence-corrected chi connectivity index (χ4v) is 5.56. The average Bonchev–Trinajstić information content (AvgIpc) is 2.83. The maximum atomic E-state index is 13.5. The summed E-state index contributed by atoms with van der Waals surface area (Å²) in [6.07, 6.45) is 1.65. The van der Waals surface area contributed by atoms with Crippen molar-refractivity contribution in [3.63, 3.8) is 0 Å². The fraction of sp³-hybridized carbons (Fsp3) is 0.462. The largest absolute Gasteiger partial charge is 0.354 e. The van der Waals surface area contributed by atoms with Crippen LogP contribution in [0.2, 0.25) is 20.1 Å². The molecule has 0 aliphatic heterocycles. The lowest BCUT2D eigenvalue weighted by atomic mass is 10.1. The third kappa shape index (κ3) is 9.49. The van der Waals surface area contributed by atoms with Gasteiger partial charge in [0.05, 0.1) is 27.0 Å². The number of carbonyl (C=O) groups is 2. The van der Waals surface area contributed by atoms with Crippen molar-refractivity contribution in [1.82, 2.24) is 10.2 Å². The first-order valence-electron chi connectivity index (χ1n) is 12.2. The molecular formula is C26H33Cl4N3O4S. The van der Waals surface area contributed by atoms with Gasteiger partial charge in [0.2, 0.25) is 21.8 Å². The van der Waals surface area contributed by atoms with Gasteiger partial charge in [-0.1, -0.05) is 73.2 Å². The molecule has 12 heteroatoms. The second-order valence-electron chi connectivity index (χ2n) is 9.37. The quantitative estimate of drug-likeness (QED) is 0.278. The Labute approximate surface area is 245 Å². The van der Waals surface area contributed by atoms with Crippen molar-refractivity contribution >= 4 is 73.9 Å². The minimum Gasteiger partial charge on any atom is -0.354 e. The minimum atomic E-state index is -3.71. The van der Waals surface area contributed by atoms with E-state index in [1.54, 1.807) is 24.3 Å². The van der Waals surface area contributed by atoms with Gasteiger partial charge in [0.15, 0.2) is 0 Å². The Balaban J connectivity index is 2.27. The van der Waals surface area contributed by atoms with Gasteiger partial charge in [-0.2, -0.15) is 0 Å². The number of carbonyl (C=O) groups excluding carboxylic acids is 2. The molecule has 0 aliphatic carbocycles. The van der Waals surface area contributed by atoms with Crippen LogP contribution in [-0.4, -0.2) is 50.5 Å². The van der Waals surface area contributed by atoms with Gasteiger partial charge in [-0.25, -0.2) is 8.42 Å². The van der Waals surface area contributed by atoms with E-state index in [2.05, 4.69) is 5.32 Å². The van der Waals surface area contributed by atoms with Crippen LogP contribution >= 0.6 is 46.4 Å². The van der Waals surface area contributed by atoms with Crippen LogP contribution in [0.4, 0.5) is 5.69 Å². The third-order valence-corrected chi connectivity index (χ3v) is 8.21. The van der Waals surface area contributed by atoms with Gasteiger partial charge in [-0.05, 0) is 54.7 Å². The molecule has 0 radical (unpaired) electrons. The number of benzene rings is 2. The summed E-state index contributed by atoms with van der Waals surface area (Å²) in [5.41, 5.74) is 0.951. The number of hydrogen-bond acceptors (Lipinski definition) is 4. The van der Waals surface area contributed by atoms with E-state index in [1.165, 1.54) is 17.0 Å². The van der Waals surface area contributed by atoms with Crippen LogP contribution in [0.15, 0.2) is 36.4 Å². The van der Waals surface area contributed by atoms with Crippen LogP contribution in [0.3, 0.4) is 0 Å². The van der Waals surface area contributed by atoms with E-state index in [1.807, 2.05) is 20.8 Å². The van der Waals surface area contributed by atoms with Crippen LogP contribution in [0.1, 0.15) is 45.6 Å². The van der Waals surface area contributed by atoms with Gasteiger partial charge in [0, 0.05) is 31.1 Å². The van der Waals surface area contributed by atoms with Crippen LogP contribution in [0, 0.1) is 5.92 Å². The summed E-state index contributed by atoms with van der Waals surface area (Å²) in [4.78, 5) is 28.0. The minimum absolute atomic E-state index is 0.000509. The van der Waals surface area contributed by atoms with E-state index >= 15 is 0 Å². The topological polar surface area (TPSA) is 86.8 Å². The molecule has 2 aromatic rings. The Kier molecular flexibility index (Phi) is 12.5. The summed E-state index contributed by atoms with van der Waals surface area (Å²) in [6, 6.07) is 8.88. The first-order chi connectivity index (χ1) is 17.7. The summed E-state index contributed by atoms with van der Waals surface area (Å²) >= 11 is 24.5. The van der Waals surface area contributed by atoms with Crippen molar-refractivity contribution in [1.29, 1.82) is 0 Å². The molecule has 0 saturated heterocycles. The number of nitrogens with one attached hydrogen (secondary N) is 1. The van der Waals surface area contributed by atoms with E-state index in [4.69, 9.17) is 46.4 Å². The Morgan fingerprint density at radius 3 is 2.21 bits per heavy atom. The zero-order chi connectivity index (χ0) is 28.6. The van der Waals surface area contributed by atoms with Gasteiger partial charge in [0.25, 0.3) is 0 Å². The van der Waals surface area contributed by atoms with Gasteiger partial charge in [-0.3, -0.25) is 13.9 Å². The average molecular weight is 625 g/mol. The highest BCUT2D eigenvalue weighted by Crippen LogP contribution is 2.31. The summed E-state index contributed by atoms with van der Waals surface area (Å²) < 4.78 is 26.2. The lowest BCUT2D eigenvalue weighted by Gasteiger charge is -2.31.